The molecule has 3 rings (SSSR count). The maximum absolute atomic E-state index is 13.0. The second-order valence-electron chi connectivity index (χ2n) is 8.17. The Morgan fingerprint density at radius 3 is 2.43 bits per heavy atom. The quantitative estimate of drug-likeness (QED) is 0.699. The van der Waals surface area contributed by atoms with E-state index in [4.69, 9.17) is 0 Å². The van der Waals surface area contributed by atoms with Crippen molar-refractivity contribution in [3.63, 3.8) is 0 Å². The molecule has 2 saturated heterocycles. The maximum atomic E-state index is 13.0. The third-order valence-electron chi connectivity index (χ3n) is 6.37. The summed E-state index contributed by atoms with van der Waals surface area (Å²) in [6.07, 6.45) is -2.25. The first kappa shape index (κ1) is 22.9. The molecule has 0 spiro atoms. The van der Waals surface area contributed by atoms with Gasteiger partial charge >= 0.3 is 6.18 Å². The number of hydrogen-bond donors (Lipinski definition) is 0. The van der Waals surface area contributed by atoms with Crippen LogP contribution in [-0.2, 0) is 11.0 Å². The molecule has 0 unspecified atom stereocenters. The van der Waals surface area contributed by atoms with Crippen LogP contribution in [0.2, 0.25) is 0 Å². The van der Waals surface area contributed by atoms with Gasteiger partial charge in [0, 0.05) is 51.0 Å². The second kappa shape index (κ2) is 10.0. The van der Waals surface area contributed by atoms with Crippen molar-refractivity contribution >= 4 is 11.6 Å². The highest BCUT2D eigenvalue weighted by Gasteiger charge is 2.32. The molecule has 1 aromatic rings. The van der Waals surface area contributed by atoms with Crippen LogP contribution in [0.25, 0.3) is 0 Å². The molecule has 0 bridgehead atoms. The summed E-state index contributed by atoms with van der Waals surface area (Å²) in [5.74, 6) is 0.200. The Morgan fingerprint density at radius 1 is 1.10 bits per heavy atom. The van der Waals surface area contributed by atoms with Gasteiger partial charge in [-0.15, -0.1) is 0 Å². The molecular weight excluding hydrogens is 393 g/mol. The summed E-state index contributed by atoms with van der Waals surface area (Å²) in [6.45, 7) is 10.9. The SMILES string of the molecule is CCN(CC)CC(=O)N1CCC[C@H](N2CCN(c3cccc(C(F)(F)F)c3)CC2)C1. The largest absolute Gasteiger partial charge is 0.416 e. The normalized spacial score (nSPS) is 21.3. The van der Waals surface area contributed by atoms with Crippen LogP contribution >= 0.6 is 0 Å². The first-order valence-electron chi connectivity index (χ1n) is 11.0. The zero-order valence-corrected chi connectivity index (χ0v) is 18.0. The number of halogens is 3. The van der Waals surface area contributed by atoms with Gasteiger partial charge in [0.05, 0.1) is 12.1 Å². The van der Waals surface area contributed by atoms with Crippen LogP contribution < -0.4 is 4.90 Å². The predicted octanol–water partition coefficient (Wildman–Crippen LogP) is 3.16. The topological polar surface area (TPSA) is 30.0 Å². The maximum Gasteiger partial charge on any atom is 0.416 e. The number of likely N-dealkylation sites (tertiary alicyclic amines) is 1. The molecule has 1 amide bonds. The molecule has 2 aliphatic heterocycles. The van der Waals surface area contributed by atoms with Gasteiger partial charge in [0.15, 0.2) is 0 Å². The Kier molecular flexibility index (Phi) is 7.63. The molecule has 30 heavy (non-hydrogen) atoms. The Balaban J connectivity index is 1.54. The smallest absolute Gasteiger partial charge is 0.369 e. The van der Waals surface area contributed by atoms with Crippen LogP contribution in [0.15, 0.2) is 24.3 Å². The lowest BCUT2D eigenvalue weighted by Crippen LogP contribution is -2.56. The van der Waals surface area contributed by atoms with E-state index in [1.54, 1.807) is 6.07 Å². The molecule has 0 saturated carbocycles. The van der Waals surface area contributed by atoms with E-state index in [0.29, 0.717) is 31.4 Å². The number of piperidine rings is 1. The van der Waals surface area contributed by atoms with E-state index in [1.165, 1.54) is 12.1 Å². The van der Waals surface area contributed by atoms with Crippen molar-refractivity contribution in [3.8, 4) is 0 Å². The lowest BCUT2D eigenvalue weighted by molar-refractivity contribution is -0.137. The van der Waals surface area contributed by atoms with Crippen LogP contribution in [0.1, 0.15) is 32.3 Å². The molecule has 8 heteroatoms. The van der Waals surface area contributed by atoms with E-state index in [-0.39, 0.29) is 5.91 Å². The van der Waals surface area contributed by atoms with Crippen LogP contribution in [0, 0.1) is 0 Å². The highest BCUT2D eigenvalue weighted by atomic mass is 19.4. The number of alkyl halides is 3. The summed E-state index contributed by atoms with van der Waals surface area (Å²) in [6, 6.07) is 5.92. The van der Waals surface area contributed by atoms with Gasteiger partial charge in [0.1, 0.15) is 0 Å². The van der Waals surface area contributed by atoms with Gasteiger partial charge in [0.25, 0.3) is 0 Å². The van der Waals surface area contributed by atoms with Gasteiger partial charge in [-0.25, -0.2) is 0 Å². The number of hydrogen-bond acceptors (Lipinski definition) is 4. The second-order valence-corrected chi connectivity index (χ2v) is 8.17. The lowest BCUT2D eigenvalue weighted by Gasteiger charge is -2.44. The average Bonchev–Trinajstić information content (AvgIpc) is 2.77. The monoisotopic (exact) mass is 426 g/mol. The number of rotatable bonds is 6. The van der Waals surface area contributed by atoms with Gasteiger partial charge < -0.3 is 9.80 Å². The number of piperazine rings is 1. The minimum absolute atomic E-state index is 0.200. The first-order chi connectivity index (χ1) is 14.3. The highest BCUT2D eigenvalue weighted by molar-refractivity contribution is 5.78. The first-order valence-corrected chi connectivity index (χ1v) is 11.0. The highest BCUT2D eigenvalue weighted by Crippen LogP contribution is 2.32. The summed E-state index contributed by atoms with van der Waals surface area (Å²) in [7, 11) is 0. The standard InChI is InChI=1S/C22H33F3N4O/c1-3-26(4-2)17-21(30)29-10-6-9-20(16-29)28-13-11-27(12-14-28)19-8-5-7-18(15-19)22(23,24)25/h5,7-8,15,20H,3-4,6,9-14,16-17H2,1-2H3/t20-/m0/s1. The number of nitrogens with zero attached hydrogens (tertiary/aromatic N) is 4. The van der Waals surface area contributed by atoms with E-state index >= 15 is 0 Å². The number of amides is 1. The summed E-state index contributed by atoms with van der Waals surface area (Å²) in [5.41, 5.74) is 0.0289. The van der Waals surface area contributed by atoms with E-state index in [2.05, 4.69) is 23.6 Å². The molecule has 168 valence electrons. The van der Waals surface area contributed by atoms with Crippen LogP contribution in [0.4, 0.5) is 18.9 Å². The van der Waals surface area contributed by atoms with Gasteiger partial charge in [-0.2, -0.15) is 13.2 Å². The van der Waals surface area contributed by atoms with Crippen molar-refractivity contribution in [1.82, 2.24) is 14.7 Å². The van der Waals surface area contributed by atoms with Gasteiger partial charge in [-0.3, -0.25) is 14.6 Å². The Bertz CT molecular complexity index is 700. The summed E-state index contributed by atoms with van der Waals surface area (Å²) in [5, 5.41) is 0. The molecule has 0 N–H and O–H groups in total. The van der Waals surface area contributed by atoms with Crippen molar-refractivity contribution in [2.75, 3.05) is 63.8 Å². The minimum Gasteiger partial charge on any atom is -0.369 e. The lowest BCUT2D eigenvalue weighted by atomic mass is 10.0. The van der Waals surface area contributed by atoms with Gasteiger partial charge in [-0.1, -0.05) is 19.9 Å². The van der Waals surface area contributed by atoms with Crippen molar-refractivity contribution < 1.29 is 18.0 Å². The third-order valence-corrected chi connectivity index (χ3v) is 6.37. The van der Waals surface area contributed by atoms with E-state index in [9.17, 15) is 18.0 Å². The molecule has 1 aromatic carbocycles. The van der Waals surface area contributed by atoms with E-state index in [0.717, 1.165) is 58.2 Å². The predicted molar refractivity (Wildman–Crippen MR) is 113 cm³/mol. The van der Waals surface area contributed by atoms with Crippen molar-refractivity contribution in [2.45, 2.75) is 38.9 Å². The summed E-state index contributed by atoms with van der Waals surface area (Å²) >= 11 is 0. The van der Waals surface area contributed by atoms with Crippen molar-refractivity contribution in [3.05, 3.63) is 29.8 Å². The Hall–Kier alpha value is -1.80. The molecule has 0 aliphatic carbocycles. The zero-order chi connectivity index (χ0) is 21.7. The number of likely N-dealkylation sites (N-methyl/N-ethyl adjacent to an activating group) is 1. The minimum atomic E-state index is -4.32. The number of carbonyl (C=O) groups is 1. The number of carbonyl (C=O) groups excluding carboxylic acids is 1. The van der Waals surface area contributed by atoms with Gasteiger partial charge in [0.2, 0.25) is 5.91 Å². The molecular formula is C22H33F3N4O. The Labute approximate surface area is 177 Å². The fourth-order valence-corrected chi connectivity index (χ4v) is 4.44. The molecule has 1 atom stereocenters. The molecule has 2 aliphatic rings. The summed E-state index contributed by atoms with van der Waals surface area (Å²) < 4.78 is 39.0. The molecule has 2 heterocycles. The summed E-state index contributed by atoms with van der Waals surface area (Å²) in [4.78, 5) is 21.2. The van der Waals surface area contributed by atoms with Crippen LogP contribution in [-0.4, -0.2) is 85.6 Å². The average molecular weight is 427 g/mol. The molecule has 0 radical (unpaired) electrons. The molecule has 5 nitrogen and oxygen atoms in total. The zero-order valence-electron chi connectivity index (χ0n) is 18.0. The Morgan fingerprint density at radius 2 is 1.80 bits per heavy atom. The van der Waals surface area contributed by atoms with Crippen LogP contribution in [0.5, 0.6) is 0 Å². The van der Waals surface area contributed by atoms with E-state index < -0.39 is 11.7 Å². The van der Waals surface area contributed by atoms with Crippen molar-refractivity contribution in [2.24, 2.45) is 0 Å². The fourth-order valence-electron chi connectivity index (χ4n) is 4.44. The number of anilines is 1. The van der Waals surface area contributed by atoms with Gasteiger partial charge in [-0.05, 0) is 44.1 Å². The number of benzene rings is 1. The van der Waals surface area contributed by atoms with E-state index in [1.807, 2.05) is 9.80 Å². The van der Waals surface area contributed by atoms with Crippen LogP contribution in [0.3, 0.4) is 0 Å². The fraction of sp³-hybridized carbons (Fsp3) is 0.682. The molecule has 0 aromatic heterocycles. The molecule has 2 fully saturated rings. The third kappa shape index (κ3) is 5.66. The van der Waals surface area contributed by atoms with Crippen molar-refractivity contribution in [1.29, 1.82) is 0 Å².